The molecule has 1 N–H and O–H groups in total. The van der Waals surface area contributed by atoms with E-state index in [1.54, 1.807) is 0 Å². The maximum absolute atomic E-state index is 11.1. The number of non-ortho nitro benzene ring substituents is 1. The van der Waals surface area contributed by atoms with Crippen LogP contribution in [0.1, 0.15) is 0 Å². The maximum atomic E-state index is 11.1. The van der Waals surface area contributed by atoms with Crippen LogP contribution in [0.2, 0.25) is 0 Å². The Labute approximate surface area is 110 Å². The largest absolute Gasteiger partial charge is 0.463 e. The average Bonchev–Trinajstić information content (AvgIpc) is 3.04. The van der Waals surface area contributed by atoms with E-state index >= 15 is 0 Å². The number of hydrogen-bond donors (Lipinski definition) is 1. The molecule has 0 bridgehead atoms. The van der Waals surface area contributed by atoms with Crippen molar-refractivity contribution in [2.45, 2.75) is 0 Å². The summed E-state index contributed by atoms with van der Waals surface area (Å²) in [5.74, 6) is 0.0931. The molecule has 0 aliphatic carbocycles. The van der Waals surface area contributed by atoms with Crippen molar-refractivity contribution in [3.05, 3.63) is 40.8 Å². The van der Waals surface area contributed by atoms with E-state index < -0.39 is 11.0 Å². The van der Waals surface area contributed by atoms with E-state index in [1.807, 2.05) is 0 Å². The fourth-order valence-electron chi connectivity index (χ4n) is 1.86. The number of rotatable bonds is 2. The Bertz CT molecular complexity index is 821. The van der Waals surface area contributed by atoms with E-state index in [0.717, 1.165) is 4.68 Å². The highest BCUT2D eigenvalue weighted by atomic mass is 16.6. The highest BCUT2D eigenvalue weighted by Crippen LogP contribution is 2.29. The van der Waals surface area contributed by atoms with Crippen molar-refractivity contribution in [3.63, 3.8) is 0 Å². The molecule has 0 fully saturated rings. The highest BCUT2D eigenvalue weighted by Gasteiger charge is 2.21. The molecule has 100 valence electrons. The van der Waals surface area contributed by atoms with Crippen LogP contribution in [0.15, 0.2) is 35.1 Å². The number of fused-ring (bicyclic) bond motifs is 1. The highest BCUT2D eigenvalue weighted by molar-refractivity contribution is 5.97. The molecule has 9 nitrogen and oxygen atoms in total. The van der Waals surface area contributed by atoms with E-state index in [9.17, 15) is 14.9 Å². The molecular weight excluding hydrogens is 268 g/mol. The van der Waals surface area contributed by atoms with Gasteiger partial charge in [0, 0.05) is 17.5 Å². The third-order valence-electron chi connectivity index (χ3n) is 2.69. The van der Waals surface area contributed by atoms with E-state index in [0.29, 0.717) is 0 Å². The van der Waals surface area contributed by atoms with E-state index in [2.05, 4.69) is 10.1 Å². The van der Waals surface area contributed by atoms with Crippen molar-refractivity contribution in [3.8, 4) is 11.6 Å². The minimum absolute atomic E-state index is 0.0931. The molecule has 2 aromatic heterocycles. The molecule has 0 aliphatic heterocycles. The molecule has 0 unspecified atom stereocenters. The van der Waals surface area contributed by atoms with Gasteiger partial charge in [-0.05, 0) is 6.07 Å². The van der Waals surface area contributed by atoms with E-state index in [-0.39, 0.29) is 28.2 Å². The first-order chi connectivity index (χ1) is 9.58. The molecule has 3 rings (SSSR count). The Balaban J connectivity index is 2.35. The van der Waals surface area contributed by atoms with Gasteiger partial charge < -0.3 is 9.52 Å². The lowest BCUT2D eigenvalue weighted by molar-refractivity contribution is -0.384. The van der Waals surface area contributed by atoms with Crippen molar-refractivity contribution >= 4 is 22.7 Å². The van der Waals surface area contributed by atoms with Crippen molar-refractivity contribution in [2.75, 3.05) is 0 Å². The van der Waals surface area contributed by atoms with Crippen molar-refractivity contribution in [1.82, 2.24) is 14.8 Å². The normalized spacial score (nSPS) is 10.8. The third-order valence-corrected chi connectivity index (χ3v) is 2.69. The first-order valence-electron chi connectivity index (χ1n) is 5.38. The summed E-state index contributed by atoms with van der Waals surface area (Å²) in [6.07, 6.45) is 1.37. The van der Waals surface area contributed by atoms with Gasteiger partial charge in [-0.25, -0.2) is 9.78 Å². The fraction of sp³-hybridized carbons (Fsp3) is 0. The Kier molecular flexibility index (Phi) is 2.46. The number of hydrogen-bond acceptors (Lipinski definition) is 6. The Morgan fingerprint density at radius 1 is 1.45 bits per heavy atom. The van der Waals surface area contributed by atoms with Crippen LogP contribution < -0.4 is 0 Å². The second-order valence-electron chi connectivity index (χ2n) is 3.84. The first kappa shape index (κ1) is 11.8. The standard InChI is InChI=1S/C11H6N4O5/c16-11(17)14-8-2-1-6(15(18)19)5-7(8)9(13-14)10-12-3-4-20-10/h1-5H,(H,16,17). The quantitative estimate of drug-likeness (QED) is 0.560. The smallest absolute Gasteiger partial charge is 0.432 e. The van der Waals surface area contributed by atoms with Crippen molar-refractivity contribution < 1.29 is 19.2 Å². The van der Waals surface area contributed by atoms with Gasteiger partial charge in [-0.2, -0.15) is 9.78 Å². The Morgan fingerprint density at radius 3 is 2.85 bits per heavy atom. The average molecular weight is 274 g/mol. The van der Waals surface area contributed by atoms with Gasteiger partial charge in [0.1, 0.15) is 6.26 Å². The summed E-state index contributed by atoms with van der Waals surface area (Å²) in [5, 5.41) is 24.0. The van der Waals surface area contributed by atoms with Crippen LogP contribution in [0.25, 0.3) is 22.5 Å². The van der Waals surface area contributed by atoms with Crippen LogP contribution in [0, 0.1) is 10.1 Å². The second-order valence-corrected chi connectivity index (χ2v) is 3.84. The zero-order valence-electron chi connectivity index (χ0n) is 9.76. The number of nitrogens with zero attached hydrogens (tertiary/aromatic N) is 4. The number of oxazole rings is 1. The lowest BCUT2D eigenvalue weighted by Crippen LogP contribution is -2.09. The van der Waals surface area contributed by atoms with Crippen LogP contribution in [-0.4, -0.2) is 30.9 Å². The van der Waals surface area contributed by atoms with Gasteiger partial charge in [-0.15, -0.1) is 0 Å². The second kappa shape index (κ2) is 4.16. The van der Waals surface area contributed by atoms with Crippen molar-refractivity contribution in [1.29, 1.82) is 0 Å². The van der Waals surface area contributed by atoms with Crippen molar-refractivity contribution in [2.24, 2.45) is 0 Å². The lowest BCUT2D eigenvalue weighted by atomic mass is 10.2. The molecule has 9 heteroatoms. The van der Waals surface area contributed by atoms with Gasteiger partial charge >= 0.3 is 6.09 Å². The van der Waals surface area contributed by atoms with E-state index in [1.165, 1.54) is 30.7 Å². The zero-order chi connectivity index (χ0) is 14.3. The predicted octanol–water partition coefficient (Wildman–Crippen LogP) is 2.13. The van der Waals surface area contributed by atoms with Crippen LogP contribution in [-0.2, 0) is 0 Å². The Morgan fingerprint density at radius 2 is 2.25 bits per heavy atom. The summed E-state index contributed by atoms with van der Waals surface area (Å²) in [4.78, 5) is 25.2. The number of nitro benzene ring substituents is 1. The summed E-state index contributed by atoms with van der Waals surface area (Å²) in [6, 6.07) is 3.77. The summed E-state index contributed by atoms with van der Waals surface area (Å²) >= 11 is 0. The first-order valence-corrected chi connectivity index (χ1v) is 5.38. The number of carboxylic acid groups (broad SMARTS) is 1. The van der Waals surface area contributed by atoms with Gasteiger partial charge in [-0.1, -0.05) is 0 Å². The lowest BCUT2D eigenvalue weighted by Gasteiger charge is -1.95. The molecule has 0 saturated heterocycles. The summed E-state index contributed by atoms with van der Waals surface area (Å²) in [5.41, 5.74) is 0.183. The third kappa shape index (κ3) is 1.68. The van der Waals surface area contributed by atoms with Crippen LogP contribution >= 0.6 is 0 Å². The van der Waals surface area contributed by atoms with Gasteiger partial charge in [0.25, 0.3) is 5.69 Å². The van der Waals surface area contributed by atoms with Gasteiger partial charge in [0.15, 0.2) is 5.69 Å². The molecule has 0 saturated carbocycles. The number of aromatic nitrogens is 3. The minimum atomic E-state index is -1.30. The minimum Gasteiger partial charge on any atom is -0.463 e. The van der Waals surface area contributed by atoms with Gasteiger partial charge in [0.05, 0.1) is 16.6 Å². The van der Waals surface area contributed by atoms with E-state index in [4.69, 9.17) is 9.52 Å². The van der Waals surface area contributed by atoms with Gasteiger partial charge in [0.2, 0.25) is 5.89 Å². The predicted molar refractivity (Wildman–Crippen MR) is 65.3 cm³/mol. The molecule has 0 radical (unpaired) electrons. The topological polar surface area (TPSA) is 124 Å². The molecule has 0 spiro atoms. The molecule has 1 aromatic carbocycles. The summed E-state index contributed by atoms with van der Waals surface area (Å²) in [7, 11) is 0. The van der Waals surface area contributed by atoms with Crippen LogP contribution in [0.5, 0.6) is 0 Å². The SMILES string of the molecule is O=C(O)n1nc(-c2ncco2)c2cc([N+](=O)[O-])ccc21. The number of benzene rings is 1. The molecule has 0 atom stereocenters. The van der Waals surface area contributed by atoms with Crippen LogP contribution in [0.3, 0.4) is 0 Å². The molecule has 2 heterocycles. The monoisotopic (exact) mass is 274 g/mol. The van der Waals surface area contributed by atoms with Gasteiger partial charge in [-0.3, -0.25) is 10.1 Å². The molecule has 0 aliphatic rings. The summed E-state index contributed by atoms with van der Waals surface area (Å²) < 4.78 is 5.79. The zero-order valence-corrected chi connectivity index (χ0v) is 9.76. The molecule has 0 amide bonds. The maximum Gasteiger partial charge on any atom is 0.432 e. The number of nitro groups is 1. The van der Waals surface area contributed by atoms with Crippen LogP contribution in [0.4, 0.5) is 10.5 Å². The Hall–Kier alpha value is -3.23. The number of carbonyl (C=O) groups is 1. The molecular formula is C11H6N4O5. The summed E-state index contributed by atoms with van der Waals surface area (Å²) in [6.45, 7) is 0. The molecule has 3 aromatic rings. The molecule has 20 heavy (non-hydrogen) atoms. The fourth-order valence-corrected chi connectivity index (χ4v) is 1.86.